The zero-order chi connectivity index (χ0) is 31.1. The Labute approximate surface area is 258 Å². The van der Waals surface area contributed by atoms with Crippen molar-refractivity contribution >= 4 is 17.4 Å². The van der Waals surface area contributed by atoms with Crippen molar-refractivity contribution < 1.29 is 28.6 Å². The normalized spacial score (nSPS) is 34.5. The molecule has 1 N–H and O–H groups in total. The Hall–Kier alpha value is -3.35. The summed E-state index contributed by atoms with van der Waals surface area (Å²) in [4.78, 5) is 39.4. The molecule has 0 bridgehead atoms. The summed E-state index contributed by atoms with van der Waals surface area (Å²) in [7, 11) is 0. The number of rotatable bonds is 6. The van der Waals surface area contributed by atoms with Crippen LogP contribution in [0.25, 0.3) is 0 Å². The topological polar surface area (TPSA) is 106 Å². The summed E-state index contributed by atoms with van der Waals surface area (Å²) < 4.78 is 26.8. The van der Waals surface area contributed by atoms with E-state index in [9.17, 15) is 19.6 Å². The van der Waals surface area contributed by atoms with Crippen LogP contribution in [-0.4, -0.2) is 68.6 Å². The average Bonchev–Trinajstić information content (AvgIpc) is 3.35. The molecular formula is C35H41FN2O6. The molecule has 2 saturated carbocycles. The highest BCUT2D eigenvalue weighted by Crippen LogP contribution is 2.70. The second-order valence-corrected chi connectivity index (χ2v) is 13.2. The SMILES string of the molecule is CC(=O)OCC(=O)[C@@]1(C#CCO)CC[C@H]2[C@@H]3CC(F)C4=CC(N=O)CCC4=C3C(c3ccc(N4CCOCC4)cc3)C[C@@]21C. The van der Waals surface area contributed by atoms with Crippen LogP contribution in [0.4, 0.5) is 10.1 Å². The van der Waals surface area contributed by atoms with E-state index in [1.165, 1.54) is 12.5 Å². The number of aliphatic hydroxyl groups excluding tert-OH is 1. The predicted octanol–water partition coefficient (Wildman–Crippen LogP) is 5.05. The first-order chi connectivity index (χ1) is 21.2. The lowest BCUT2D eigenvalue weighted by Gasteiger charge is -2.55. The fourth-order valence-electron chi connectivity index (χ4n) is 9.11. The Bertz CT molecular complexity index is 1440. The first-order valence-corrected chi connectivity index (χ1v) is 15.8. The largest absolute Gasteiger partial charge is 0.458 e. The average molecular weight is 605 g/mol. The highest BCUT2D eigenvalue weighted by molar-refractivity contribution is 5.91. The van der Waals surface area contributed by atoms with Crippen LogP contribution < -0.4 is 4.90 Å². The molecule has 234 valence electrons. The third-order valence-corrected chi connectivity index (χ3v) is 11.1. The molecule has 1 aromatic rings. The first-order valence-electron chi connectivity index (χ1n) is 15.8. The number of allylic oxidation sites excluding steroid dienone is 3. The molecular weight excluding hydrogens is 563 g/mol. The van der Waals surface area contributed by atoms with Gasteiger partial charge in [0.05, 0.1) is 18.6 Å². The number of anilines is 1. The van der Waals surface area contributed by atoms with Gasteiger partial charge in [0.2, 0.25) is 0 Å². The van der Waals surface area contributed by atoms with Crippen LogP contribution in [0, 0.1) is 39.4 Å². The van der Waals surface area contributed by atoms with Gasteiger partial charge in [-0.3, -0.25) is 9.59 Å². The summed E-state index contributed by atoms with van der Waals surface area (Å²) in [5.74, 6) is 4.94. The van der Waals surface area contributed by atoms with Crippen molar-refractivity contribution in [2.75, 3.05) is 44.4 Å². The number of esters is 1. The quantitative estimate of drug-likeness (QED) is 0.275. The van der Waals surface area contributed by atoms with Gasteiger partial charge in [-0.1, -0.05) is 47.7 Å². The molecule has 1 aromatic carbocycles. The molecule has 3 fully saturated rings. The van der Waals surface area contributed by atoms with Gasteiger partial charge >= 0.3 is 5.97 Å². The van der Waals surface area contributed by atoms with Crippen LogP contribution in [0.15, 0.2) is 52.2 Å². The lowest BCUT2D eigenvalue weighted by Crippen LogP contribution is -2.52. The molecule has 1 heterocycles. The van der Waals surface area contributed by atoms with Gasteiger partial charge in [-0.25, -0.2) is 4.39 Å². The number of morpholine rings is 1. The summed E-state index contributed by atoms with van der Waals surface area (Å²) in [6.07, 6.45) is 3.70. The van der Waals surface area contributed by atoms with Crippen molar-refractivity contribution in [2.45, 2.75) is 70.5 Å². The fourth-order valence-corrected chi connectivity index (χ4v) is 9.11. The maximum absolute atomic E-state index is 16.1. The molecule has 5 aliphatic rings. The molecule has 0 spiro atoms. The van der Waals surface area contributed by atoms with Gasteiger partial charge < -0.3 is 19.5 Å². The van der Waals surface area contributed by atoms with Gasteiger partial charge in [0.1, 0.15) is 18.8 Å². The molecule has 0 aromatic heterocycles. The molecule has 6 rings (SSSR count). The number of hydrogen-bond acceptors (Lipinski definition) is 8. The molecule has 1 aliphatic heterocycles. The maximum atomic E-state index is 16.1. The van der Waals surface area contributed by atoms with Crippen molar-refractivity contribution in [2.24, 2.45) is 27.8 Å². The van der Waals surface area contributed by atoms with Gasteiger partial charge in [0, 0.05) is 31.6 Å². The van der Waals surface area contributed by atoms with Crippen LogP contribution in [-0.2, 0) is 19.1 Å². The molecule has 3 unspecified atom stereocenters. The lowest BCUT2D eigenvalue weighted by molar-refractivity contribution is -0.150. The van der Waals surface area contributed by atoms with Crippen LogP contribution in [0.3, 0.4) is 0 Å². The minimum Gasteiger partial charge on any atom is -0.458 e. The zero-order valence-electron chi connectivity index (χ0n) is 25.5. The Morgan fingerprint density at radius 2 is 1.95 bits per heavy atom. The van der Waals surface area contributed by atoms with E-state index in [1.807, 2.05) is 0 Å². The standard InChI is InChI=1S/C35H41FN2O6/c1-22(40)44-21-32(41)35(11-3-15-39)12-10-30-28-19-31(36)27-18-24(37-42)6-9-26(27)33(28)29(20-34(30,35)2)23-4-7-25(8-5-23)38-13-16-43-17-14-38/h4-5,7-8,18,24,28-31,39H,6,9-10,12-17,19-21H2,1-2H3/t24?,28-,29?,30-,31?,34-,35+/m0/s1. The number of alkyl halides is 1. The summed E-state index contributed by atoms with van der Waals surface area (Å²) in [5.41, 5.74) is 3.29. The Morgan fingerprint density at radius 3 is 2.64 bits per heavy atom. The smallest absolute Gasteiger partial charge is 0.303 e. The Balaban J connectivity index is 1.47. The predicted molar refractivity (Wildman–Crippen MR) is 164 cm³/mol. The monoisotopic (exact) mass is 604 g/mol. The van der Waals surface area contributed by atoms with Crippen molar-refractivity contribution in [1.82, 2.24) is 0 Å². The molecule has 0 radical (unpaired) electrons. The van der Waals surface area contributed by atoms with Crippen molar-refractivity contribution in [3.63, 3.8) is 0 Å². The number of aliphatic hydroxyl groups is 1. The van der Waals surface area contributed by atoms with Crippen molar-refractivity contribution in [3.05, 3.63) is 57.5 Å². The number of ether oxygens (including phenoxy) is 2. The second kappa shape index (κ2) is 12.2. The number of Topliss-reactive ketones (excluding diaryl/α,β-unsaturated/α-hetero) is 1. The van der Waals surface area contributed by atoms with Gasteiger partial charge in [0.15, 0.2) is 12.4 Å². The highest BCUT2D eigenvalue weighted by Gasteiger charge is 2.66. The Morgan fingerprint density at radius 1 is 1.20 bits per heavy atom. The van der Waals surface area contributed by atoms with Crippen LogP contribution in [0.2, 0.25) is 0 Å². The third-order valence-electron chi connectivity index (χ3n) is 11.1. The number of ketones is 1. The van der Waals surface area contributed by atoms with Gasteiger partial charge in [-0.15, -0.1) is 0 Å². The molecule has 9 heteroatoms. The van der Waals surface area contributed by atoms with E-state index in [-0.39, 0.29) is 43.2 Å². The molecule has 0 amide bonds. The van der Waals surface area contributed by atoms with Crippen molar-refractivity contribution in [1.29, 1.82) is 0 Å². The van der Waals surface area contributed by atoms with Crippen LogP contribution in [0.5, 0.6) is 0 Å². The third kappa shape index (κ3) is 5.10. The van der Waals surface area contributed by atoms with E-state index in [0.29, 0.717) is 50.9 Å². The van der Waals surface area contributed by atoms with E-state index in [0.717, 1.165) is 29.9 Å². The second-order valence-electron chi connectivity index (χ2n) is 13.2. The molecule has 4 aliphatic carbocycles. The number of carbonyl (C=O) groups excluding carboxylic acids is 2. The molecule has 44 heavy (non-hydrogen) atoms. The van der Waals surface area contributed by atoms with E-state index in [4.69, 9.17) is 9.47 Å². The number of fused-ring (bicyclic) bond motifs is 4. The lowest BCUT2D eigenvalue weighted by atomic mass is 9.48. The van der Waals surface area contributed by atoms with E-state index in [2.05, 4.69) is 53.1 Å². The zero-order valence-corrected chi connectivity index (χ0v) is 25.5. The molecule has 7 atom stereocenters. The number of benzene rings is 1. The van der Waals surface area contributed by atoms with Crippen LogP contribution in [0.1, 0.15) is 63.9 Å². The van der Waals surface area contributed by atoms with Crippen molar-refractivity contribution in [3.8, 4) is 11.8 Å². The molecule has 8 nitrogen and oxygen atoms in total. The summed E-state index contributed by atoms with van der Waals surface area (Å²) in [5, 5.41) is 12.9. The maximum Gasteiger partial charge on any atom is 0.303 e. The number of halogens is 1. The molecule has 1 saturated heterocycles. The van der Waals surface area contributed by atoms with Gasteiger partial charge in [0.25, 0.3) is 0 Å². The van der Waals surface area contributed by atoms with E-state index < -0.39 is 29.0 Å². The number of hydrogen-bond donors (Lipinski definition) is 1. The minimum atomic E-state index is -1.22. The highest BCUT2D eigenvalue weighted by atomic mass is 19.1. The summed E-state index contributed by atoms with van der Waals surface area (Å²) >= 11 is 0. The number of nitroso groups, excluding NO2 is 1. The minimum absolute atomic E-state index is 0.0233. The Kier molecular flexibility index (Phi) is 8.51. The van der Waals surface area contributed by atoms with Gasteiger partial charge in [-0.05, 0) is 84.6 Å². The van der Waals surface area contributed by atoms with Gasteiger partial charge in [-0.2, -0.15) is 4.91 Å². The fraction of sp³-hybridized carbons (Fsp3) is 0.600. The first kappa shape index (κ1) is 30.7. The van der Waals surface area contributed by atoms with Crippen LogP contribution >= 0.6 is 0 Å². The number of nitrogens with zero attached hydrogens (tertiary/aromatic N) is 2. The van der Waals surface area contributed by atoms with E-state index >= 15 is 4.39 Å². The summed E-state index contributed by atoms with van der Waals surface area (Å²) in [6.45, 7) is 5.65. The number of carbonyl (C=O) groups is 2. The summed E-state index contributed by atoms with van der Waals surface area (Å²) in [6, 6.07) is 8.07. The van der Waals surface area contributed by atoms with E-state index in [1.54, 1.807) is 6.08 Å².